The lowest BCUT2D eigenvalue weighted by Crippen LogP contribution is -2.52. The van der Waals surface area contributed by atoms with E-state index in [0.717, 1.165) is 36.1 Å². The number of carbonyl (C=O) groups is 1. The average Bonchev–Trinajstić information content (AvgIpc) is 3.21. The van der Waals surface area contributed by atoms with E-state index in [2.05, 4.69) is 25.4 Å². The van der Waals surface area contributed by atoms with Crippen LogP contribution >= 0.6 is 11.3 Å². The highest BCUT2D eigenvalue weighted by Gasteiger charge is 2.31. The lowest BCUT2D eigenvalue weighted by molar-refractivity contribution is 0.0948. The first-order chi connectivity index (χ1) is 12.7. The maximum Gasteiger partial charge on any atom is 0.263 e. The van der Waals surface area contributed by atoms with Crippen LogP contribution in [0.4, 0.5) is 5.82 Å². The Morgan fingerprint density at radius 3 is 2.88 bits per heavy atom. The van der Waals surface area contributed by atoms with E-state index >= 15 is 0 Å². The maximum absolute atomic E-state index is 12.2. The lowest BCUT2D eigenvalue weighted by Gasteiger charge is -2.40. The molecule has 26 heavy (non-hydrogen) atoms. The molecule has 9 heteroatoms. The molecule has 8 nitrogen and oxygen atoms in total. The predicted molar refractivity (Wildman–Crippen MR) is 97.6 cm³/mol. The summed E-state index contributed by atoms with van der Waals surface area (Å²) >= 11 is 1.38. The summed E-state index contributed by atoms with van der Waals surface area (Å²) in [5.41, 5.74) is 3.30. The Balaban J connectivity index is 1.20. The van der Waals surface area contributed by atoms with Crippen molar-refractivity contribution in [2.45, 2.75) is 25.7 Å². The first kappa shape index (κ1) is 15.7. The summed E-state index contributed by atoms with van der Waals surface area (Å²) in [6.45, 7) is 4.32. The van der Waals surface area contributed by atoms with Crippen molar-refractivity contribution in [1.29, 1.82) is 0 Å². The fraction of sp³-hybridized carbons (Fsp3) is 0.471. The van der Waals surface area contributed by atoms with Gasteiger partial charge in [-0.05, 0) is 31.9 Å². The highest BCUT2D eigenvalue weighted by atomic mass is 32.1. The number of thiazole rings is 1. The van der Waals surface area contributed by atoms with Crippen LogP contribution in [0.1, 0.15) is 39.9 Å². The molecule has 134 valence electrons. The molecule has 0 radical (unpaired) electrons. The number of amides is 1. The first-order valence-electron chi connectivity index (χ1n) is 8.84. The summed E-state index contributed by atoms with van der Waals surface area (Å²) in [6, 6.07) is 3.97. The van der Waals surface area contributed by atoms with Gasteiger partial charge in [-0.3, -0.25) is 4.79 Å². The van der Waals surface area contributed by atoms with E-state index in [0.29, 0.717) is 23.3 Å². The smallest absolute Gasteiger partial charge is 0.263 e. The van der Waals surface area contributed by atoms with Gasteiger partial charge in [-0.15, -0.1) is 26.6 Å². The molecule has 1 N–H and O–H groups in total. The molecule has 0 unspecified atom stereocenters. The topological polar surface area (TPSA) is 88.3 Å². The summed E-state index contributed by atoms with van der Waals surface area (Å²) in [4.78, 5) is 19.2. The Hall–Kier alpha value is -2.55. The van der Waals surface area contributed by atoms with Crippen molar-refractivity contribution in [2.75, 3.05) is 24.5 Å². The monoisotopic (exact) mass is 369 g/mol. The van der Waals surface area contributed by atoms with Crippen molar-refractivity contribution in [2.24, 2.45) is 5.92 Å². The molecular formula is C17H19N7OS. The number of hydrogen-bond acceptors (Lipinski definition) is 7. The largest absolute Gasteiger partial charge is 0.354 e. The molecule has 1 saturated carbocycles. The third kappa shape index (κ3) is 2.72. The third-order valence-corrected chi connectivity index (χ3v) is 5.93. The van der Waals surface area contributed by atoms with Crippen LogP contribution < -0.4 is 10.2 Å². The third-order valence-electron chi connectivity index (χ3n) is 5.00. The SMILES string of the molecule is Cc1ncsc1C(=O)NCC1CN(c2ccc3nnc(C4CC4)n3n2)C1. The van der Waals surface area contributed by atoms with Crippen LogP contribution in [-0.4, -0.2) is 50.3 Å². The molecule has 1 saturated heterocycles. The van der Waals surface area contributed by atoms with Crippen LogP contribution in [0.2, 0.25) is 0 Å². The van der Waals surface area contributed by atoms with Crippen molar-refractivity contribution >= 4 is 28.7 Å². The second-order valence-corrected chi connectivity index (χ2v) is 7.90. The molecule has 5 rings (SSSR count). The summed E-state index contributed by atoms with van der Waals surface area (Å²) in [6.07, 6.45) is 2.36. The average molecular weight is 369 g/mol. The minimum absolute atomic E-state index is 0.0263. The zero-order chi connectivity index (χ0) is 17.7. The Morgan fingerprint density at radius 1 is 1.31 bits per heavy atom. The summed E-state index contributed by atoms with van der Waals surface area (Å²) < 4.78 is 1.88. The second-order valence-electron chi connectivity index (χ2n) is 7.04. The number of aromatic nitrogens is 5. The van der Waals surface area contributed by atoms with Crippen LogP contribution in [-0.2, 0) is 0 Å². The van der Waals surface area contributed by atoms with E-state index in [1.807, 2.05) is 23.6 Å². The molecule has 1 aliphatic heterocycles. The van der Waals surface area contributed by atoms with Gasteiger partial charge >= 0.3 is 0 Å². The summed E-state index contributed by atoms with van der Waals surface area (Å²) in [5.74, 6) is 2.85. The standard InChI is InChI=1S/C17H19N7OS/c1-10-15(26-9-19-10)17(25)18-6-11-7-23(8-11)14-5-4-13-20-21-16(12-2-3-12)24(13)22-14/h4-5,9,11-12H,2-3,6-8H2,1H3,(H,18,25). The van der Waals surface area contributed by atoms with Crippen molar-refractivity contribution in [3.8, 4) is 0 Å². The quantitative estimate of drug-likeness (QED) is 0.735. The molecule has 0 spiro atoms. The van der Waals surface area contributed by atoms with Gasteiger partial charge in [0.05, 0.1) is 11.2 Å². The number of anilines is 1. The zero-order valence-corrected chi connectivity index (χ0v) is 15.2. The van der Waals surface area contributed by atoms with Crippen molar-refractivity contribution < 1.29 is 4.79 Å². The van der Waals surface area contributed by atoms with E-state index in [1.54, 1.807) is 5.51 Å². The molecule has 1 aliphatic carbocycles. The number of nitrogens with one attached hydrogen (secondary N) is 1. The molecule has 3 aromatic heterocycles. The Bertz CT molecular complexity index is 971. The fourth-order valence-corrected chi connectivity index (χ4v) is 4.00. The van der Waals surface area contributed by atoms with Crippen LogP contribution in [0.5, 0.6) is 0 Å². The molecular weight excluding hydrogens is 350 g/mol. The van der Waals surface area contributed by atoms with Gasteiger partial charge < -0.3 is 10.2 Å². The van der Waals surface area contributed by atoms with E-state index in [-0.39, 0.29) is 5.91 Å². The highest BCUT2D eigenvalue weighted by Crippen LogP contribution is 2.38. The predicted octanol–water partition coefficient (Wildman–Crippen LogP) is 1.63. The molecule has 0 aromatic carbocycles. The van der Waals surface area contributed by atoms with Gasteiger partial charge in [0.1, 0.15) is 10.7 Å². The van der Waals surface area contributed by atoms with Gasteiger partial charge in [-0.25, -0.2) is 4.98 Å². The Kier molecular flexibility index (Phi) is 3.63. The van der Waals surface area contributed by atoms with Gasteiger partial charge in [0, 0.05) is 31.5 Å². The fourth-order valence-electron chi connectivity index (χ4n) is 3.28. The van der Waals surface area contributed by atoms with Crippen LogP contribution in [0.3, 0.4) is 0 Å². The number of hydrogen-bond donors (Lipinski definition) is 1. The van der Waals surface area contributed by atoms with Crippen molar-refractivity contribution in [1.82, 2.24) is 30.1 Å². The van der Waals surface area contributed by atoms with Gasteiger partial charge in [-0.2, -0.15) is 4.52 Å². The number of rotatable bonds is 5. The van der Waals surface area contributed by atoms with E-state index in [4.69, 9.17) is 5.10 Å². The van der Waals surface area contributed by atoms with Gasteiger partial charge in [-0.1, -0.05) is 0 Å². The van der Waals surface area contributed by atoms with E-state index in [9.17, 15) is 4.79 Å². The molecule has 1 amide bonds. The van der Waals surface area contributed by atoms with Gasteiger partial charge in [0.2, 0.25) is 0 Å². The van der Waals surface area contributed by atoms with Gasteiger partial charge in [0.15, 0.2) is 11.5 Å². The van der Waals surface area contributed by atoms with Gasteiger partial charge in [0.25, 0.3) is 5.91 Å². The molecule has 4 heterocycles. The highest BCUT2D eigenvalue weighted by molar-refractivity contribution is 7.11. The second kappa shape index (κ2) is 6.01. The molecule has 0 bridgehead atoms. The summed E-state index contributed by atoms with van der Waals surface area (Å²) in [7, 11) is 0. The minimum Gasteiger partial charge on any atom is -0.354 e. The minimum atomic E-state index is -0.0263. The van der Waals surface area contributed by atoms with E-state index < -0.39 is 0 Å². The maximum atomic E-state index is 12.2. The van der Waals surface area contributed by atoms with Crippen LogP contribution in [0.25, 0.3) is 5.65 Å². The number of carbonyl (C=O) groups excluding carboxylic acids is 1. The van der Waals surface area contributed by atoms with Crippen molar-refractivity contribution in [3.05, 3.63) is 34.0 Å². The van der Waals surface area contributed by atoms with Crippen LogP contribution in [0.15, 0.2) is 17.6 Å². The van der Waals surface area contributed by atoms with E-state index in [1.165, 1.54) is 24.2 Å². The molecule has 0 atom stereocenters. The first-order valence-corrected chi connectivity index (χ1v) is 9.72. The molecule has 2 fully saturated rings. The molecule has 3 aromatic rings. The summed E-state index contributed by atoms with van der Waals surface area (Å²) in [5, 5.41) is 16.2. The Morgan fingerprint density at radius 2 is 2.15 bits per heavy atom. The normalized spacial score (nSPS) is 17.5. The van der Waals surface area contributed by atoms with Crippen molar-refractivity contribution in [3.63, 3.8) is 0 Å². The molecule has 2 aliphatic rings. The van der Waals surface area contributed by atoms with Crippen LogP contribution in [0, 0.1) is 12.8 Å². The zero-order valence-electron chi connectivity index (χ0n) is 14.4. The Labute approximate surface area is 154 Å². The number of nitrogens with zero attached hydrogens (tertiary/aromatic N) is 6. The number of aryl methyl sites for hydroxylation is 1. The number of fused-ring (bicyclic) bond motifs is 1. The lowest BCUT2D eigenvalue weighted by atomic mass is 10.0.